The van der Waals surface area contributed by atoms with Crippen molar-refractivity contribution in [3.05, 3.63) is 82.1 Å². The Balaban J connectivity index is 1.73. The van der Waals surface area contributed by atoms with Gasteiger partial charge in [0.25, 0.3) is 0 Å². The summed E-state index contributed by atoms with van der Waals surface area (Å²) >= 11 is 5.97. The van der Waals surface area contributed by atoms with Gasteiger partial charge in [0.05, 0.1) is 23.1 Å². The molecule has 24 heavy (non-hydrogen) atoms. The van der Waals surface area contributed by atoms with Crippen molar-refractivity contribution in [1.29, 1.82) is 0 Å². The lowest BCUT2D eigenvalue weighted by atomic mass is 9.82. The van der Waals surface area contributed by atoms with Gasteiger partial charge >= 0.3 is 0 Å². The van der Waals surface area contributed by atoms with Gasteiger partial charge in [-0.05, 0) is 49.1 Å². The molecule has 3 nitrogen and oxygen atoms in total. The van der Waals surface area contributed by atoms with E-state index in [-0.39, 0.29) is 11.7 Å². The summed E-state index contributed by atoms with van der Waals surface area (Å²) in [6.45, 7) is 2.07. The van der Waals surface area contributed by atoms with Gasteiger partial charge in [-0.1, -0.05) is 41.4 Å². The molecular formula is C20H17ClN2O. The fraction of sp³-hybridized carbons (Fsp3) is 0.200. The standard InChI is InChI=1S/C20H17ClN2O/c1-13-2-4-14(5-3-13)15-10-19-18(20(24)11-15)12-22-23(19)17-8-6-16(21)7-9-17/h2-9,12,15H,10-11H2,1H3/t15-/m1/s1. The molecule has 0 unspecified atom stereocenters. The van der Waals surface area contributed by atoms with Crippen molar-refractivity contribution in [2.24, 2.45) is 0 Å². The molecule has 2 aromatic carbocycles. The number of halogens is 1. The third-order valence-corrected chi connectivity index (χ3v) is 4.91. The molecule has 4 rings (SSSR count). The highest BCUT2D eigenvalue weighted by Gasteiger charge is 2.29. The minimum Gasteiger partial charge on any atom is -0.294 e. The van der Waals surface area contributed by atoms with E-state index < -0.39 is 0 Å². The molecule has 3 aromatic rings. The van der Waals surface area contributed by atoms with Gasteiger partial charge in [-0.3, -0.25) is 4.79 Å². The first kappa shape index (κ1) is 15.2. The van der Waals surface area contributed by atoms with E-state index in [4.69, 9.17) is 11.6 Å². The van der Waals surface area contributed by atoms with Gasteiger partial charge in [0.15, 0.2) is 5.78 Å². The van der Waals surface area contributed by atoms with E-state index in [1.807, 2.05) is 28.9 Å². The Morgan fingerprint density at radius 2 is 1.75 bits per heavy atom. The second-order valence-electron chi connectivity index (χ2n) is 6.33. The summed E-state index contributed by atoms with van der Waals surface area (Å²) in [5.74, 6) is 0.371. The van der Waals surface area contributed by atoms with E-state index in [1.54, 1.807) is 6.20 Å². The number of benzene rings is 2. The SMILES string of the molecule is Cc1ccc([C@H]2CC(=O)c3cnn(-c4ccc(Cl)cc4)c3C2)cc1. The molecule has 120 valence electrons. The highest BCUT2D eigenvalue weighted by molar-refractivity contribution is 6.30. The van der Waals surface area contributed by atoms with Gasteiger partial charge in [-0.15, -0.1) is 0 Å². The van der Waals surface area contributed by atoms with Crippen LogP contribution in [-0.2, 0) is 6.42 Å². The van der Waals surface area contributed by atoms with E-state index >= 15 is 0 Å². The number of aromatic nitrogens is 2. The average Bonchev–Trinajstić information content (AvgIpc) is 3.01. The monoisotopic (exact) mass is 336 g/mol. The molecule has 0 fully saturated rings. The van der Waals surface area contributed by atoms with Gasteiger partial charge < -0.3 is 0 Å². The molecule has 0 aliphatic heterocycles. The third-order valence-electron chi connectivity index (χ3n) is 4.66. The molecule has 0 amide bonds. The lowest BCUT2D eigenvalue weighted by Gasteiger charge is -2.23. The first-order valence-corrected chi connectivity index (χ1v) is 8.42. The zero-order valence-electron chi connectivity index (χ0n) is 13.4. The second-order valence-corrected chi connectivity index (χ2v) is 6.77. The maximum absolute atomic E-state index is 12.6. The first-order valence-electron chi connectivity index (χ1n) is 8.04. The smallest absolute Gasteiger partial charge is 0.166 e. The van der Waals surface area contributed by atoms with Crippen LogP contribution in [0.1, 0.15) is 39.5 Å². The Bertz CT molecular complexity index is 894. The largest absolute Gasteiger partial charge is 0.294 e. The zero-order chi connectivity index (χ0) is 16.7. The Morgan fingerprint density at radius 1 is 1.04 bits per heavy atom. The maximum Gasteiger partial charge on any atom is 0.166 e. The predicted molar refractivity (Wildman–Crippen MR) is 95.1 cm³/mol. The fourth-order valence-corrected chi connectivity index (χ4v) is 3.45. The van der Waals surface area contributed by atoms with E-state index in [1.165, 1.54) is 11.1 Å². The van der Waals surface area contributed by atoms with Crippen molar-refractivity contribution in [3.8, 4) is 5.69 Å². The molecule has 1 aliphatic carbocycles. The average molecular weight is 337 g/mol. The highest BCUT2D eigenvalue weighted by Crippen LogP contribution is 2.33. The Kier molecular flexibility index (Phi) is 3.73. The number of nitrogens with zero attached hydrogens (tertiary/aromatic N) is 2. The molecule has 1 aliphatic rings. The van der Waals surface area contributed by atoms with Crippen LogP contribution in [0.4, 0.5) is 0 Å². The first-order chi connectivity index (χ1) is 11.6. The van der Waals surface area contributed by atoms with Crippen LogP contribution in [0.15, 0.2) is 54.7 Å². The number of rotatable bonds is 2. The van der Waals surface area contributed by atoms with Crippen LogP contribution in [0.3, 0.4) is 0 Å². The number of hydrogen-bond donors (Lipinski definition) is 0. The highest BCUT2D eigenvalue weighted by atomic mass is 35.5. The summed E-state index contributed by atoms with van der Waals surface area (Å²) in [6.07, 6.45) is 3.05. The number of aryl methyl sites for hydroxylation is 1. The number of hydrogen-bond acceptors (Lipinski definition) is 2. The quantitative estimate of drug-likeness (QED) is 0.677. The minimum atomic E-state index is 0.169. The van der Waals surface area contributed by atoms with Crippen molar-refractivity contribution >= 4 is 17.4 Å². The van der Waals surface area contributed by atoms with Gasteiger partial charge in [0, 0.05) is 11.4 Å². The van der Waals surface area contributed by atoms with Crippen LogP contribution in [0.25, 0.3) is 5.69 Å². The Labute approximate surface area is 145 Å². The van der Waals surface area contributed by atoms with E-state index in [0.717, 1.165) is 23.4 Å². The normalized spacial score (nSPS) is 16.9. The number of Topliss-reactive ketones (excluding diaryl/α,β-unsaturated/α-hetero) is 1. The van der Waals surface area contributed by atoms with Crippen molar-refractivity contribution in [3.63, 3.8) is 0 Å². The molecule has 1 aromatic heterocycles. The molecule has 1 atom stereocenters. The van der Waals surface area contributed by atoms with Crippen LogP contribution in [-0.4, -0.2) is 15.6 Å². The van der Waals surface area contributed by atoms with E-state index in [9.17, 15) is 4.79 Å². The summed E-state index contributed by atoms with van der Waals surface area (Å²) in [6, 6.07) is 16.0. The molecule has 0 bridgehead atoms. The molecule has 0 saturated carbocycles. The van der Waals surface area contributed by atoms with Gasteiger partial charge in [0.2, 0.25) is 0 Å². The van der Waals surface area contributed by atoms with Crippen LogP contribution in [0.2, 0.25) is 5.02 Å². The second kappa shape index (κ2) is 5.91. The summed E-state index contributed by atoms with van der Waals surface area (Å²) in [4.78, 5) is 12.6. The number of fused-ring (bicyclic) bond motifs is 1. The van der Waals surface area contributed by atoms with E-state index in [2.05, 4.69) is 36.3 Å². The Hall–Kier alpha value is -2.39. The number of ketones is 1. The minimum absolute atomic E-state index is 0.169. The van der Waals surface area contributed by atoms with Crippen molar-refractivity contribution in [2.45, 2.75) is 25.7 Å². The predicted octanol–water partition coefficient (Wildman–Crippen LogP) is 4.75. The topological polar surface area (TPSA) is 34.9 Å². The lowest BCUT2D eigenvalue weighted by Crippen LogP contribution is -2.20. The van der Waals surface area contributed by atoms with Crippen molar-refractivity contribution in [1.82, 2.24) is 9.78 Å². The van der Waals surface area contributed by atoms with Gasteiger partial charge in [-0.2, -0.15) is 5.10 Å². The summed E-state index contributed by atoms with van der Waals surface area (Å²) < 4.78 is 1.86. The molecule has 0 radical (unpaired) electrons. The van der Waals surface area contributed by atoms with Crippen molar-refractivity contribution < 1.29 is 4.79 Å². The number of carbonyl (C=O) groups excluding carboxylic acids is 1. The summed E-state index contributed by atoms with van der Waals surface area (Å²) in [7, 11) is 0. The van der Waals surface area contributed by atoms with E-state index in [0.29, 0.717) is 11.4 Å². The van der Waals surface area contributed by atoms with Gasteiger partial charge in [-0.25, -0.2) is 4.68 Å². The maximum atomic E-state index is 12.6. The molecule has 1 heterocycles. The lowest BCUT2D eigenvalue weighted by molar-refractivity contribution is 0.0964. The molecule has 0 spiro atoms. The van der Waals surface area contributed by atoms with Crippen molar-refractivity contribution in [2.75, 3.05) is 0 Å². The molecular weight excluding hydrogens is 320 g/mol. The Morgan fingerprint density at radius 3 is 2.46 bits per heavy atom. The fourth-order valence-electron chi connectivity index (χ4n) is 3.32. The van der Waals surface area contributed by atoms with Crippen LogP contribution in [0, 0.1) is 6.92 Å². The molecule has 4 heteroatoms. The summed E-state index contributed by atoms with van der Waals surface area (Å²) in [5, 5.41) is 5.13. The van der Waals surface area contributed by atoms with Crippen LogP contribution < -0.4 is 0 Å². The zero-order valence-corrected chi connectivity index (χ0v) is 14.1. The van der Waals surface area contributed by atoms with Crippen LogP contribution >= 0.6 is 11.6 Å². The molecule has 0 N–H and O–H groups in total. The van der Waals surface area contributed by atoms with Gasteiger partial charge in [0.1, 0.15) is 0 Å². The number of carbonyl (C=O) groups is 1. The van der Waals surface area contributed by atoms with Crippen LogP contribution in [0.5, 0.6) is 0 Å². The third kappa shape index (κ3) is 2.65. The summed E-state index contributed by atoms with van der Waals surface area (Å²) in [5.41, 5.74) is 5.10. The molecule has 0 saturated heterocycles.